The summed E-state index contributed by atoms with van der Waals surface area (Å²) in [7, 11) is -1.22. The molecule has 1 unspecified atom stereocenters. The summed E-state index contributed by atoms with van der Waals surface area (Å²) in [5.41, 5.74) is 3.28. The Bertz CT molecular complexity index is 216. The predicted octanol–water partition coefficient (Wildman–Crippen LogP) is 2.06. The molecule has 1 rings (SSSR count). The lowest BCUT2D eigenvalue weighted by molar-refractivity contribution is -0.0393. The van der Waals surface area contributed by atoms with E-state index in [9.17, 15) is 0 Å². The molecule has 14 heavy (non-hydrogen) atoms. The van der Waals surface area contributed by atoms with Gasteiger partial charge in [0.15, 0.2) is 0 Å². The first kappa shape index (κ1) is 11.8. The molecular weight excluding hydrogens is 192 g/mol. The van der Waals surface area contributed by atoms with Crippen molar-refractivity contribution in [3.8, 4) is 11.5 Å². The lowest BCUT2D eigenvalue weighted by Gasteiger charge is -2.21. The first-order chi connectivity index (χ1) is 6.58. The molecule has 0 N–H and O–H groups in total. The van der Waals surface area contributed by atoms with Crippen LogP contribution in [-0.4, -0.2) is 34.0 Å². The van der Waals surface area contributed by atoms with Crippen LogP contribution < -0.4 is 0 Å². The highest BCUT2D eigenvalue weighted by molar-refractivity contribution is 6.83. The molecule has 1 fully saturated rings. The molecular formula is C11H20O2Si. The molecule has 0 spiro atoms. The Balaban J connectivity index is 2.16. The normalized spacial score (nSPS) is 22.6. The van der Waals surface area contributed by atoms with Crippen molar-refractivity contribution in [1.82, 2.24) is 0 Å². The SMILES string of the molecule is C[Si](C)(C)C#CCOC1CCCOC1. The van der Waals surface area contributed by atoms with Crippen LogP contribution in [0, 0.1) is 11.5 Å². The third-order valence-corrected chi connectivity index (χ3v) is 2.90. The van der Waals surface area contributed by atoms with Crippen molar-refractivity contribution in [3.05, 3.63) is 0 Å². The molecule has 0 saturated carbocycles. The predicted molar refractivity (Wildman–Crippen MR) is 60.9 cm³/mol. The molecule has 1 aliphatic rings. The van der Waals surface area contributed by atoms with Gasteiger partial charge in [-0.05, 0) is 12.8 Å². The van der Waals surface area contributed by atoms with Gasteiger partial charge in [0, 0.05) is 6.61 Å². The zero-order valence-corrected chi connectivity index (χ0v) is 10.4. The molecule has 0 radical (unpaired) electrons. The van der Waals surface area contributed by atoms with E-state index in [1.54, 1.807) is 0 Å². The van der Waals surface area contributed by atoms with Gasteiger partial charge in [-0.3, -0.25) is 0 Å². The molecule has 1 saturated heterocycles. The molecule has 1 aliphatic heterocycles. The highest BCUT2D eigenvalue weighted by atomic mass is 28.3. The summed E-state index contributed by atoms with van der Waals surface area (Å²) >= 11 is 0. The second kappa shape index (κ2) is 5.55. The summed E-state index contributed by atoms with van der Waals surface area (Å²) < 4.78 is 10.9. The van der Waals surface area contributed by atoms with E-state index in [4.69, 9.17) is 9.47 Å². The largest absolute Gasteiger partial charge is 0.379 e. The van der Waals surface area contributed by atoms with Crippen molar-refractivity contribution in [2.24, 2.45) is 0 Å². The van der Waals surface area contributed by atoms with Gasteiger partial charge in [0.05, 0.1) is 12.7 Å². The lowest BCUT2D eigenvalue weighted by Crippen LogP contribution is -2.25. The maximum atomic E-state index is 5.60. The van der Waals surface area contributed by atoms with Gasteiger partial charge in [-0.2, -0.15) is 0 Å². The second-order valence-corrected chi connectivity index (χ2v) is 9.45. The van der Waals surface area contributed by atoms with Gasteiger partial charge in [-0.15, -0.1) is 5.54 Å². The van der Waals surface area contributed by atoms with Gasteiger partial charge in [0.1, 0.15) is 14.7 Å². The van der Waals surface area contributed by atoms with E-state index in [1.165, 1.54) is 0 Å². The summed E-state index contributed by atoms with van der Waals surface area (Å²) in [6.07, 6.45) is 2.51. The topological polar surface area (TPSA) is 18.5 Å². The van der Waals surface area contributed by atoms with Crippen LogP contribution in [0.25, 0.3) is 0 Å². The van der Waals surface area contributed by atoms with Crippen molar-refractivity contribution in [2.75, 3.05) is 19.8 Å². The van der Waals surface area contributed by atoms with Gasteiger partial charge in [0.2, 0.25) is 0 Å². The second-order valence-electron chi connectivity index (χ2n) is 4.70. The van der Waals surface area contributed by atoms with E-state index in [1.807, 2.05) is 0 Å². The van der Waals surface area contributed by atoms with Crippen LogP contribution in [0.5, 0.6) is 0 Å². The van der Waals surface area contributed by atoms with Gasteiger partial charge in [-0.25, -0.2) is 0 Å². The van der Waals surface area contributed by atoms with Crippen molar-refractivity contribution in [1.29, 1.82) is 0 Å². The van der Waals surface area contributed by atoms with Crippen LogP contribution in [0.4, 0.5) is 0 Å². The Morgan fingerprint density at radius 2 is 2.21 bits per heavy atom. The van der Waals surface area contributed by atoms with Crippen molar-refractivity contribution in [3.63, 3.8) is 0 Å². The van der Waals surface area contributed by atoms with Gasteiger partial charge in [0.25, 0.3) is 0 Å². The highest BCUT2D eigenvalue weighted by Gasteiger charge is 2.13. The summed E-state index contributed by atoms with van der Waals surface area (Å²) in [6.45, 7) is 8.92. The molecule has 0 aliphatic carbocycles. The van der Waals surface area contributed by atoms with Crippen molar-refractivity contribution < 1.29 is 9.47 Å². The van der Waals surface area contributed by atoms with E-state index in [0.717, 1.165) is 26.1 Å². The zero-order valence-electron chi connectivity index (χ0n) is 9.43. The number of hydrogen-bond acceptors (Lipinski definition) is 2. The van der Waals surface area contributed by atoms with E-state index in [2.05, 4.69) is 31.1 Å². The maximum absolute atomic E-state index is 5.60. The Morgan fingerprint density at radius 1 is 1.43 bits per heavy atom. The quantitative estimate of drug-likeness (QED) is 0.515. The fraction of sp³-hybridized carbons (Fsp3) is 0.818. The summed E-state index contributed by atoms with van der Waals surface area (Å²) in [6, 6.07) is 0. The first-order valence-electron chi connectivity index (χ1n) is 5.27. The highest BCUT2D eigenvalue weighted by Crippen LogP contribution is 2.09. The van der Waals surface area contributed by atoms with Gasteiger partial charge in [-0.1, -0.05) is 25.6 Å². The molecule has 3 heteroatoms. The van der Waals surface area contributed by atoms with Gasteiger partial charge < -0.3 is 9.47 Å². The molecule has 2 nitrogen and oxygen atoms in total. The number of hydrogen-bond donors (Lipinski definition) is 0. The molecule has 0 aromatic heterocycles. The van der Waals surface area contributed by atoms with Crippen LogP contribution in [0.2, 0.25) is 19.6 Å². The minimum Gasteiger partial charge on any atom is -0.379 e. The monoisotopic (exact) mass is 212 g/mol. The smallest absolute Gasteiger partial charge is 0.129 e. The Kier molecular flexibility index (Phi) is 4.66. The summed E-state index contributed by atoms with van der Waals surface area (Å²) in [4.78, 5) is 0. The average molecular weight is 212 g/mol. The molecule has 1 atom stereocenters. The molecule has 0 aromatic rings. The fourth-order valence-electron chi connectivity index (χ4n) is 1.30. The number of rotatable bonds is 2. The maximum Gasteiger partial charge on any atom is 0.129 e. The fourth-order valence-corrected chi connectivity index (χ4v) is 1.91. The molecule has 0 amide bonds. The molecule has 80 valence electrons. The Labute approximate surface area is 88.0 Å². The summed E-state index contributed by atoms with van der Waals surface area (Å²) in [5, 5.41) is 0. The van der Waals surface area contributed by atoms with Crippen LogP contribution in [-0.2, 0) is 9.47 Å². The van der Waals surface area contributed by atoms with Crippen molar-refractivity contribution in [2.45, 2.75) is 38.6 Å². The minimum atomic E-state index is -1.22. The molecule has 0 bridgehead atoms. The molecule has 1 heterocycles. The average Bonchev–Trinajstić information content (AvgIpc) is 2.13. The van der Waals surface area contributed by atoms with E-state index in [-0.39, 0.29) is 6.10 Å². The number of ether oxygens (including phenoxy) is 2. The van der Waals surface area contributed by atoms with Crippen LogP contribution >= 0.6 is 0 Å². The van der Waals surface area contributed by atoms with Crippen molar-refractivity contribution >= 4 is 8.07 Å². The van der Waals surface area contributed by atoms with E-state index >= 15 is 0 Å². The van der Waals surface area contributed by atoms with E-state index < -0.39 is 8.07 Å². The van der Waals surface area contributed by atoms with Gasteiger partial charge >= 0.3 is 0 Å². The van der Waals surface area contributed by atoms with Crippen LogP contribution in [0.15, 0.2) is 0 Å². The Morgan fingerprint density at radius 3 is 2.79 bits per heavy atom. The Hall–Kier alpha value is -0.303. The third kappa shape index (κ3) is 5.43. The first-order valence-corrected chi connectivity index (χ1v) is 8.77. The zero-order chi connectivity index (χ0) is 10.4. The summed E-state index contributed by atoms with van der Waals surface area (Å²) in [5.74, 6) is 3.11. The van der Waals surface area contributed by atoms with Crippen LogP contribution in [0.1, 0.15) is 12.8 Å². The van der Waals surface area contributed by atoms with Crippen LogP contribution in [0.3, 0.4) is 0 Å². The molecule has 0 aromatic carbocycles. The van der Waals surface area contributed by atoms with E-state index in [0.29, 0.717) is 6.61 Å². The standard InChI is InChI=1S/C11H20O2Si/c1-14(2,3)9-5-8-13-11-6-4-7-12-10-11/h11H,4,6-8,10H2,1-3H3. The lowest BCUT2D eigenvalue weighted by atomic mass is 10.2. The third-order valence-electron chi connectivity index (χ3n) is 1.97. The minimum absolute atomic E-state index is 0.277.